The van der Waals surface area contributed by atoms with Gasteiger partial charge in [-0.3, -0.25) is 9.69 Å². The molecule has 0 aromatic heterocycles. The Morgan fingerprint density at radius 3 is 2.75 bits per heavy atom. The first kappa shape index (κ1) is 18.6. The highest BCUT2D eigenvalue weighted by Gasteiger charge is 2.34. The van der Waals surface area contributed by atoms with Crippen molar-refractivity contribution >= 4 is 23.6 Å². The van der Waals surface area contributed by atoms with Gasteiger partial charge in [-0.05, 0) is 57.7 Å². The number of halogens is 1. The van der Waals surface area contributed by atoms with E-state index in [9.17, 15) is 9.59 Å². The standard InChI is InChI=1S/C18H25ClN2O3/c1-18(2,3)24-17(23)21-10-5-4-9-15(21)16(22)20-12-13-7-6-8-14(19)11-13/h6-8,11,15H,4-5,9-10,12H2,1-3H3,(H,20,22)/t15-/m1/s1. The molecular formula is C18H25ClN2O3. The molecule has 6 heteroatoms. The zero-order valence-corrected chi connectivity index (χ0v) is 15.2. The monoisotopic (exact) mass is 352 g/mol. The molecule has 1 N–H and O–H groups in total. The number of carbonyl (C=O) groups excluding carboxylic acids is 2. The Morgan fingerprint density at radius 1 is 1.33 bits per heavy atom. The van der Waals surface area contributed by atoms with E-state index in [0.717, 1.165) is 18.4 Å². The molecule has 24 heavy (non-hydrogen) atoms. The molecule has 0 aliphatic carbocycles. The van der Waals surface area contributed by atoms with Crippen molar-refractivity contribution in [1.29, 1.82) is 0 Å². The van der Waals surface area contributed by atoms with Gasteiger partial charge in [0.1, 0.15) is 11.6 Å². The van der Waals surface area contributed by atoms with Crippen LogP contribution < -0.4 is 5.32 Å². The van der Waals surface area contributed by atoms with Gasteiger partial charge in [0, 0.05) is 18.1 Å². The largest absolute Gasteiger partial charge is 0.444 e. The molecule has 1 aromatic carbocycles. The average molecular weight is 353 g/mol. The van der Waals surface area contributed by atoms with Gasteiger partial charge >= 0.3 is 6.09 Å². The smallest absolute Gasteiger partial charge is 0.410 e. The summed E-state index contributed by atoms with van der Waals surface area (Å²) in [4.78, 5) is 26.4. The van der Waals surface area contributed by atoms with E-state index in [-0.39, 0.29) is 5.91 Å². The Bertz CT molecular complexity index is 598. The molecule has 1 aliphatic heterocycles. The van der Waals surface area contributed by atoms with Gasteiger partial charge in [-0.2, -0.15) is 0 Å². The summed E-state index contributed by atoms with van der Waals surface area (Å²) in [7, 11) is 0. The summed E-state index contributed by atoms with van der Waals surface area (Å²) in [6, 6.07) is 6.87. The summed E-state index contributed by atoms with van der Waals surface area (Å²) in [6.07, 6.45) is 2.04. The van der Waals surface area contributed by atoms with Crippen molar-refractivity contribution in [3.8, 4) is 0 Å². The van der Waals surface area contributed by atoms with E-state index >= 15 is 0 Å². The van der Waals surface area contributed by atoms with E-state index in [0.29, 0.717) is 24.5 Å². The molecule has 2 rings (SSSR count). The van der Waals surface area contributed by atoms with Crippen LogP contribution in [0, 0.1) is 0 Å². The Hall–Kier alpha value is -1.75. The van der Waals surface area contributed by atoms with Crippen molar-refractivity contribution in [2.75, 3.05) is 6.54 Å². The Labute approximate surface area is 148 Å². The van der Waals surface area contributed by atoms with Gasteiger partial charge in [0.2, 0.25) is 5.91 Å². The first-order chi connectivity index (χ1) is 11.3. The Morgan fingerprint density at radius 2 is 2.08 bits per heavy atom. The van der Waals surface area contributed by atoms with E-state index in [1.54, 1.807) is 11.0 Å². The maximum atomic E-state index is 12.5. The number of benzene rings is 1. The molecular weight excluding hydrogens is 328 g/mol. The minimum Gasteiger partial charge on any atom is -0.444 e. The summed E-state index contributed by atoms with van der Waals surface area (Å²) >= 11 is 5.95. The number of nitrogens with one attached hydrogen (secondary N) is 1. The van der Waals surface area contributed by atoms with Crippen LogP contribution in [0.1, 0.15) is 45.6 Å². The Kier molecular flexibility index (Phi) is 6.10. The molecule has 1 atom stereocenters. The number of nitrogens with zero attached hydrogens (tertiary/aromatic N) is 1. The SMILES string of the molecule is CC(C)(C)OC(=O)N1CCCC[C@@H]1C(=O)NCc1cccc(Cl)c1. The molecule has 0 bridgehead atoms. The molecule has 0 spiro atoms. The maximum Gasteiger partial charge on any atom is 0.410 e. The van der Waals surface area contributed by atoms with Gasteiger partial charge < -0.3 is 10.1 Å². The number of ether oxygens (including phenoxy) is 1. The highest BCUT2D eigenvalue weighted by atomic mass is 35.5. The summed E-state index contributed by atoms with van der Waals surface area (Å²) < 4.78 is 5.43. The molecule has 1 aliphatic rings. The van der Waals surface area contributed by atoms with Gasteiger partial charge in [0.15, 0.2) is 0 Å². The number of piperidine rings is 1. The van der Waals surface area contributed by atoms with Crippen LogP contribution in [0.5, 0.6) is 0 Å². The predicted molar refractivity (Wildman–Crippen MR) is 93.9 cm³/mol. The van der Waals surface area contributed by atoms with Gasteiger partial charge in [-0.25, -0.2) is 4.79 Å². The molecule has 5 nitrogen and oxygen atoms in total. The minimum atomic E-state index is -0.573. The van der Waals surface area contributed by atoms with Crippen LogP contribution in [-0.4, -0.2) is 35.1 Å². The molecule has 1 heterocycles. The fourth-order valence-electron chi connectivity index (χ4n) is 2.70. The van der Waals surface area contributed by atoms with Crippen molar-refractivity contribution in [2.24, 2.45) is 0 Å². The van der Waals surface area contributed by atoms with Crippen LogP contribution in [0.15, 0.2) is 24.3 Å². The zero-order chi connectivity index (χ0) is 17.7. The van der Waals surface area contributed by atoms with Crippen LogP contribution in [0.4, 0.5) is 4.79 Å². The van der Waals surface area contributed by atoms with Gasteiger partial charge in [0.05, 0.1) is 0 Å². The van der Waals surface area contributed by atoms with Crippen molar-refractivity contribution in [3.63, 3.8) is 0 Å². The fourth-order valence-corrected chi connectivity index (χ4v) is 2.91. The molecule has 1 fully saturated rings. The minimum absolute atomic E-state index is 0.152. The van der Waals surface area contributed by atoms with E-state index in [1.165, 1.54) is 0 Å². The lowest BCUT2D eigenvalue weighted by Crippen LogP contribution is -2.52. The molecule has 0 unspecified atom stereocenters. The first-order valence-corrected chi connectivity index (χ1v) is 8.66. The third-order valence-electron chi connectivity index (χ3n) is 3.79. The quantitative estimate of drug-likeness (QED) is 0.901. The van der Waals surface area contributed by atoms with Gasteiger partial charge in [0.25, 0.3) is 0 Å². The predicted octanol–water partition coefficient (Wildman–Crippen LogP) is 3.75. The summed E-state index contributed by atoms with van der Waals surface area (Å²) in [5.41, 5.74) is 0.353. The lowest BCUT2D eigenvalue weighted by Gasteiger charge is -2.35. The van der Waals surface area contributed by atoms with Crippen molar-refractivity contribution < 1.29 is 14.3 Å². The number of rotatable bonds is 3. The molecule has 0 saturated carbocycles. The number of hydrogen-bond donors (Lipinski definition) is 1. The highest BCUT2D eigenvalue weighted by molar-refractivity contribution is 6.30. The van der Waals surface area contributed by atoms with Crippen LogP contribution in [0.25, 0.3) is 0 Å². The average Bonchev–Trinajstić information content (AvgIpc) is 2.51. The van der Waals surface area contributed by atoms with Gasteiger partial charge in [-0.1, -0.05) is 23.7 Å². The number of amides is 2. The number of carbonyl (C=O) groups is 2. The molecule has 2 amide bonds. The molecule has 132 valence electrons. The second-order valence-corrected chi connectivity index (χ2v) is 7.47. The van der Waals surface area contributed by atoms with E-state index in [2.05, 4.69) is 5.32 Å². The topological polar surface area (TPSA) is 58.6 Å². The van der Waals surface area contributed by atoms with Crippen LogP contribution >= 0.6 is 11.6 Å². The summed E-state index contributed by atoms with van der Waals surface area (Å²) in [5.74, 6) is -0.152. The number of hydrogen-bond acceptors (Lipinski definition) is 3. The normalized spacial score (nSPS) is 18.2. The number of likely N-dealkylation sites (tertiary alicyclic amines) is 1. The van der Waals surface area contributed by atoms with Crippen molar-refractivity contribution in [2.45, 2.75) is 58.2 Å². The third-order valence-corrected chi connectivity index (χ3v) is 4.02. The van der Waals surface area contributed by atoms with E-state index < -0.39 is 17.7 Å². The second-order valence-electron chi connectivity index (χ2n) is 7.03. The zero-order valence-electron chi connectivity index (χ0n) is 14.5. The van der Waals surface area contributed by atoms with Crippen LogP contribution in [0.2, 0.25) is 5.02 Å². The first-order valence-electron chi connectivity index (χ1n) is 8.28. The molecule has 1 aromatic rings. The summed E-state index contributed by atoms with van der Waals surface area (Å²) in [6.45, 7) is 6.40. The van der Waals surface area contributed by atoms with E-state index in [4.69, 9.17) is 16.3 Å². The van der Waals surface area contributed by atoms with Crippen LogP contribution in [0.3, 0.4) is 0 Å². The van der Waals surface area contributed by atoms with Crippen molar-refractivity contribution in [1.82, 2.24) is 10.2 Å². The molecule has 1 saturated heterocycles. The third kappa shape index (κ3) is 5.41. The van der Waals surface area contributed by atoms with Gasteiger partial charge in [-0.15, -0.1) is 0 Å². The molecule has 0 radical (unpaired) electrons. The summed E-state index contributed by atoms with van der Waals surface area (Å²) in [5, 5.41) is 3.53. The van der Waals surface area contributed by atoms with E-state index in [1.807, 2.05) is 39.0 Å². The van der Waals surface area contributed by atoms with Crippen LogP contribution in [-0.2, 0) is 16.1 Å². The highest BCUT2D eigenvalue weighted by Crippen LogP contribution is 2.21. The van der Waals surface area contributed by atoms with Crippen molar-refractivity contribution in [3.05, 3.63) is 34.9 Å². The second kappa shape index (κ2) is 7.88. The fraction of sp³-hybridized carbons (Fsp3) is 0.556. The lowest BCUT2D eigenvalue weighted by atomic mass is 10.0. The lowest BCUT2D eigenvalue weighted by molar-refractivity contribution is -0.127. The maximum absolute atomic E-state index is 12.5. The Balaban J connectivity index is 1.98.